The molecule has 110 valence electrons. The summed E-state index contributed by atoms with van der Waals surface area (Å²) < 4.78 is 5.18. The normalized spacial score (nSPS) is 10.4. The van der Waals surface area contributed by atoms with E-state index in [2.05, 4.69) is 4.98 Å². The minimum atomic E-state index is -1.27. The van der Waals surface area contributed by atoms with Gasteiger partial charge >= 0.3 is 5.97 Å². The maximum Gasteiger partial charge on any atom is 0.339 e. The zero-order valence-corrected chi connectivity index (χ0v) is 11.4. The van der Waals surface area contributed by atoms with Gasteiger partial charge in [0.25, 0.3) is 5.69 Å². The van der Waals surface area contributed by atoms with E-state index in [1.807, 2.05) is 0 Å². The van der Waals surface area contributed by atoms with E-state index in [0.29, 0.717) is 6.54 Å². The van der Waals surface area contributed by atoms with Gasteiger partial charge in [-0.05, 0) is 13.0 Å². The summed E-state index contributed by atoms with van der Waals surface area (Å²) in [6.45, 7) is 2.18. The van der Waals surface area contributed by atoms with Crippen LogP contribution in [-0.4, -0.2) is 28.0 Å². The molecule has 0 atom stereocenters. The number of nitrogens with zero attached hydrogens (tertiary/aromatic N) is 3. The van der Waals surface area contributed by atoms with Crippen molar-refractivity contribution in [2.75, 3.05) is 11.9 Å². The van der Waals surface area contributed by atoms with Crippen molar-refractivity contribution in [1.82, 2.24) is 4.98 Å². The second kappa shape index (κ2) is 5.61. The molecule has 0 aliphatic carbocycles. The molecule has 0 aromatic carbocycles. The molecule has 0 amide bonds. The number of nitro groups is 1. The monoisotopic (exact) mass is 291 g/mol. The van der Waals surface area contributed by atoms with E-state index in [0.717, 1.165) is 23.6 Å². The molecule has 2 aromatic rings. The van der Waals surface area contributed by atoms with E-state index in [4.69, 9.17) is 4.42 Å². The van der Waals surface area contributed by atoms with Gasteiger partial charge in [-0.2, -0.15) is 0 Å². The summed E-state index contributed by atoms with van der Waals surface area (Å²) in [5.74, 6) is -0.383. The van der Waals surface area contributed by atoms with Crippen molar-refractivity contribution >= 4 is 17.5 Å². The van der Waals surface area contributed by atoms with E-state index in [-0.39, 0.29) is 17.1 Å². The van der Waals surface area contributed by atoms with Gasteiger partial charge in [0, 0.05) is 25.2 Å². The van der Waals surface area contributed by atoms with Crippen molar-refractivity contribution in [1.29, 1.82) is 0 Å². The number of rotatable bonds is 5. The van der Waals surface area contributed by atoms with E-state index in [1.54, 1.807) is 31.2 Å². The van der Waals surface area contributed by atoms with Crippen molar-refractivity contribution < 1.29 is 19.2 Å². The average molecular weight is 291 g/mol. The Morgan fingerprint density at radius 1 is 1.57 bits per heavy atom. The summed E-state index contributed by atoms with van der Waals surface area (Å²) in [6.07, 6.45) is 2.58. The number of aryl methyl sites for hydroxylation is 1. The van der Waals surface area contributed by atoms with Crippen LogP contribution < -0.4 is 4.90 Å². The highest BCUT2D eigenvalue weighted by Gasteiger charge is 2.20. The third-order valence-electron chi connectivity index (χ3n) is 3.03. The predicted octanol–water partition coefficient (Wildman–Crippen LogP) is 2.23. The fraction of sp³-hybridized carbons (Fsp3) is 0.231. The molecule has 2 rings (SSSR count). The second-order valence-electron chi connectivity index (χ2n) is 4.49. The van der Waals surface area contributed by atoms with Gasteiger partial charge in [0.2, 0.25) is 0 Å². The molecule has 2 heterocycles. The van der Waals surface area contributed by atoms with Crippen molar-refractivity contribution in [2.24, 2.45) is 0 Å². The molecular weight excluding hydrogens is 278 g/mol. The topological polar surface area (TPSA) is 110 Å². The standard InChI is InChI=1S/C13H13N3O5/c1-8-9(3-4-21-8)7-15(2)12-11(13(17)18)5-10(6-14-12)16(19)20/h3-6H,7H2,1-2H3,(H,17,18). The van der Waals surface area contributed by atoms with Crippen LogP contribution in [0, 0.1) is 17.0 Å². The van der Waals surface area contributed by atoms with Crippen LogP contribution in [-0.2, 0) is 6.54 Å². The first-order valence-electron chi connectivity index (χ1n) is 6.02. The molecule has 1 N–H and O–H groups in total. The number of pyridine rings is 1. The van der Waals surface area contributed by atoms with Crippen molar-refractivity contribution in [3.8, 4) is 0 Å². The molecule has 0 aliphatic rings. The van der Waals surface area contributed by atoms with Crippen molar-refractivity contribution in [3.05, 3.63) is 51.6 Å². The highest BCUT2D eigenvalue weighted by molar-refractivity contribution is 5.94. The van der Waals surface area contributed by atoms with Gasteiger partial charge < -0.3 is 14.4 Å². The third-order valence-corrected chi connectivity index (χ3v) is 3.03. The Morgan fingerprint density at radius 2 is 2.29 bits per heavy atom. The smallest absolute Gasteiger partial charge is 0.339 e. The summed E-state index contributed by atoms with van der Waals surface area (Å²) >= 11 is 0. The molecule has 8 nitrogen and oxygen atoms in total. The molecule has 0 bridgehead atoms. The number of carboxylic acids is 1. The maximum atomic E-state index is 11.3. The Labute approximate surface area is 119 Å². The molecule has 8 heteroatoms. The molecule has 0 saturated carbocycles. The summed E-state index contributed by atoms with van der Waals surface area (Å²) in [6, 6.07) is 2.78. The SMILES string of the molecule is Cc1occc1CN(C)c1ncc([N+](=O)[O-])cc1C(=O)O. The van der Waals surface area contributed by atoms with Crippen LogP contribution in [0.4, 0.5) is 11.5 Å². The second-order valence-corrected chi connectivity index (χ2v) is 4.49. The summed E-state index contributed by atoms with van der Waals surface area (Å²) in [7, 11) is 1.66. The minimum Gasteiger partial charge on any atom is -0.478 e. The number of aromatic nitrogens is 1. The van der Waals surface area contributed by atoms with Gasteiger partial charge in [0.1, 0.15) is 23.3 Å². The number of aromatic carboxylic acids is 1. The first kappa shape index (κ1) is 14.5. The van der Waals surface area contributed by atoms with Crippen molar-refractivity contribution in [3.63, 3.8) is 0 Å². The number of anilines is 1. The van der Waals surface area contributed by atoms with Gasteiger partial charge in [-0.3, -0.25) is 10.1 Å². The Balaban J connectivity index is 2.36. The van der Waals surface area contributed by atoms with Crippen LogP contribution in [0.3, 0.4) is 0 Å². The molecular formula is C13H13N3O5. The van der Waals surface area contributed by atoms with E-state index >= 15 is 0 Å². The maximum absolute atomic E-state index is 11.3. The number of hydrogen-bond donors (Lipinski definition) is 1. The lowest BCUT2D eigenvalue weighted by molar-refractivity contribution is -0.385. The Hall–Kier alpha value is -2.90. The van der Waals surface area contributed by atoms with E-state index in [1.165, 1.54) is 0 Å². The molecule has 0 saturated heterocycles. The quantitative estimate of drug-likeness (QED) is 0.664. The Kier molecular flexibility index (Phi) is 3.88. The molecule has 0 aliphatic heterocycles. The van der Waals surface area contributed by atoms with Crippen LogP contribution in [0.1, 0.15) is 21.7 Å². The fourth-order valence-corrected chi connectivity index (χ4v) is 1.91. The minimum absolute atomic E-state index is 0.161. The number of furan rings is 1. The lowest BCUT2D eigenvalue weighted by Gasteiger charge is -2.19. The predicted molar refractivity (Wildman–Crippen MR) is 73.4 cm³/mol. The lowest BCUT2D eigenvalue weighted by atomic mass is 10.2. The fourth-order valence-electron chi connectivity index (χ4n) is 1.91. The first-order valence-corrected chi connectivity index (χ1v) is 6.02. The zero-order chi connectivity index (χ0) is 15.6. The number of hydrogen-bond acceptors (Lipinski definition) is 6. The van der Waals surface area contributed by atoms with Crippen LogP contribution >= 0.6 is 0 Å². The van der Waals surface area contributed by atoms with E-state index < -0.39 is 10.9 Å². The lowest BCUT2D eigenvalue weighted by Crippen LogP contribution is -2.21. The van der Waals surface area contributed by atoms with Crippen LogP contribution in [0.25, 0.3) is 0 Å². The third kappa shape index (κ3) is 2.99. The van der Waals surface area contributed by atoms with Gasteiger partial charge in [0.05, 0.1) is 11.2 Å². The first-order chi connectivity index (χ1) is 9.90. The largest absolute Gasteiger partial charge is 0.478 e. The highest BCUT2D eigenvalue weighted by atomic mass is 16.6. The molecule has 0 unspecified atom stereocenters. The Bertz CT molecular complexity index is 695. The molecule has 0 radical (unpaired) electrons. The van der Waals surface area contributed by atoms with Gasteiger partial charge in [-0.15, -0.1) is 0 Å². The summed E-state index contributed by atoms with van der Waals surface area (Å²) in [5, 5.41) is 19.9. The molecule has 21 heavy (non-hydrogen) atoms. The van der Waals surface area contributed by atoms with Gasteiger partial charge in [0.15, 0.2) is 0 Å². The zero-order valence-electron chi connectivity index (χ0n) is 11.4. The summed E-state index contributed by atoms with van der Waals surface area (Å²) in [4.78, 5) is 26.8. The van der Waals surface area contributed by atoms with Crippen LogP contribution in [0.15, 0.2) is 29.0 Å². The summed E-state index contributed by atoms with van der Waals surface area (Å²) in [5.41, 5.74) is 0.311. The molecule has 2 aromatic heterocycles. The van der Waals surface area contributed by atoms with Crippen LogP contribution in [0.2, 0.25) is 0 Å². The highest BCUT2D eigenvalue weighted by Crippen LogP contribution is 2.23. The van der Waals surface area contributed by atoms with Crippen LogP contribution in [0.5, 0.6) is 0 Å². The average Bonchev–Trinajstić information content (AvgIpc) is 2.83. The molecule has 0 spiro atoms. The van der Waals surface area contributed by atoms with E-state index in [9.17, 15) is 20.0 Å². The number of carboxylic acid groups (broad SMARTS) is 1. The van der Waals surface area contributed by atoms with Gasteiger partial charge in [-0.25, -0.2) is 9.78 Å². The van der Waals surface area contributed by atoms with Gasteiger partial charge in [-0.1, -0.05) is 0 Å². The molecule has 0 fully saturated rings. The van der Waals surface area contributed by atoms with Crippen molar-refractivity contribution in [2.45, 2.75) is 13.5 Å². The Morgan fingerprint density at radius 3 is 2.81 bits per heavy atom. The number of carbonyl (C=O) groups is 1.